The molecule has 0 aliphatic heterocycles. The van der Waals surface area contributed by atoms with Crippen molar-refractivity contribution in [1.29, 1.82) is 0 Å². The van der Waals surface area contributed by atoms with Crippen LogP contribution in [0.2, 0.25) is 0 Å². The van der Waals surface area contributed by atoms with E-state index >= 15 is 0 Å². The van der Waals surface area contributed by atoms with Gasteiger partial charge in [-0.15, -0.1) is 0 Å². The quantitative estimate of drug-likeness (QED) is 0.239. The standard InChI is InChI=1S/C32H34O5S2/c1-31(2,3)25-11-7-23(8-12-25)24-9-17-28(18-10-24)38(33,34)29-19-13-26(14-20-29)37-27-15-21-30(22-16-27)39(35,36)32(4,5)6/h7-22H,1-6H3. The highest BCUT2D eigenvalue weighted by molar-refractivity contribution is 7.92. The molecular formula is C32H34O5S2. The Morgan fingerprint density at radius 1 is 0.487 bits per heavy atom. The fourth-order valence-electron chi connectivity index (χ4n) is 3.99. The van der Waals surface area contributed by atoms with Crippen molar-refractivity contribution in [1.82, 2.24) is 0 Å². The molecule has 0 heterocycles. The molecule has 7 heteroatoms. The van der Waals surface area contributed by atoms with Crippen LogP contribution in [-0.4, -0.2) is 21.6 Å². The molecule has 0 spiro atoms. The Bertz CT molecular complexity index is 1650. The Morgan fingerprint density at radius 2 is 0.846 bits per heavy atom. The lowest BCUT2D eigenvalue weighted by Gasteiger charge is -2.19. The van der Waals surface area contributed by atoms with E-state index in [0.717, 1.165) is 11.1 Å². The van der Waals surface area contributed by atoms with Gasteiger partial charge in [0, 0.05) is 0 Å². The second kappa shape index (κ2) is 10.3. The summed E-state index contributed by atoms with van der Waals surface area (Å²) < 4.78 is 56.6. The second-order valence-electron chi connectivity index (χ2n) is 11.5. The van der Waals surface area contributed by atoms with Crippen molar-refractivity contribution < 1.29 is 21.6 Å². The van der Waals surface area contributed by atoms with Gasteiger partial charge in [0.2, 0.25) is 9.84 Å². The van der Waals surface area contributed by atoms with Crippen molar-refractivity contribution in [2.24, 2.45) is 0 Å². The van der Waals surface area contributed by atoms with Crippen molar-refractivity contribution >= 4 is 19.7 Å². The lowest BCUT2D eigenvalue weighted by molar-refractivity contribution is 0.481. The van der Waals surface area contributed by atoms with E-state index in [1.165, 1.54) is 29.8 Å². The third-order valence-corrected chi connectivity index (χ3v) is 10.8. The van der Waals surface area contributed by atoms with E-state index in [4.69, 9.17) is 4.74 Å². The SMILES string of the molecule is CC(C)(C)c1ccc(-c2ccc(S(=O)(=O)c3ccc(Oc4ccc(S(=O)(=O)C(C)(C)C)cc4)cc3)cc2)cc1. The van der Waals surface area contributed by atoms with Crippen LogP contribution in [0.5, 0.6) is 11.5 Å². The third-order valence-electron chi connectivity index (χ3n) is 6.56. The fourth-order valence-corrected chi connectivity index (χ4v) is 6.45. The summed E-state index contributed by atoms with van der Waals surface area (Å²) in [6.45, 7) is 11.5. The Hall–Kier alpha value is -3.42. The molecule has 0 unspecified atom stereocenters. The molecule has 0 atom stereocenters. The summed E-state index contributed by atoms with van der Waals surface area (Å²) in [6, 6.07) is 27.6. The van der Waals surface area contributed by atoms with Gasteiger partial charge in [0.15, 0.2) is 9.84 Å². The zero-order valence-corrected chi connectivity index (χ0v) is 24.7. The molecule has 4 rings (SSSR count). The molecular weight excluding hydrogens is 528 g/mol. The van der Waals surface area contributed by atoms with Gasteiger partial charge in [-0.2, -0.15) is 0 Å². The summed E-state index contributed by atoms with van der Waals surface area (Å²) in [4.78, 5) is 0.586. The van der Waals surface area contributed by atoms with E-state index in [-0.39, 0.29) is 20.1 Å². The summed E-state index contributed by atoms with van der Waals surface area (Å²) in [5, 5.41) is 0. The molecule has 0 aliphatic carbocycles. The topological polar surface area (TPSA) is 77.5 Å². The number of ether oxygens (including phenoxy) is 1. The first kappa shape index (κ1) is 28.6. The smallest absolute Gasteiger partial charge is 0.206 e. The lowest BCUT2D eigenvalue weighted by Crippen LogP contribution is -2.27. The van der Waals surface area contributed by atoms with Gasteiger partial charge in [-0.3, -0.25) is 0 Å². The highest BCUT2D eigenvalue weighted by atomic mass is 32.2. The number of rotatable bonds is 6. The van der Waals surface area contributed by atoms with Crippen LogP contribution in [0.4, 0.5) is 0 Å². The molecule has 4 aromatic carbocycles. The van der Waals surface area contributed by atoms with Crippen molar-refractivity contribution in [3.8, 4) is 22.6 Å². The maximum atomic E-state index is 13.2. The summed E-state index contributed by atoms with van der Waals surface area (Å²) in [5.41, 5.74) is 3.28. The van der Waals surface area contributed by atoms with E-state index in [2.05, 4.69) is 45.0 Å². The second-order valence-corrected chi connectivity index (χ2v) is 16.2. The molecule has 0 radical (unpaired) electrons. The summed E-state index contributed by atoms with van der Waals surface area (Å²) in [5.74, 6) is 0.888. The first-order valence-electron chi connectivity index (χ1n) is 12.7. The van der Waals surface area contributed by atoms with Crippen molar-refractivity contribution in [2.75, 3.05) is 0 Å². The maximum absolute atomic E-state index is 13.2. The van der Waals surface area contributed by atoms with Gasteiger partial charge in [-0.05, 0) is 104 Å². The van der Waals surface area contributed by atoms with Crippen molar-refractivity contribution in [3.05, 3.63) is 103 Å². The first-order valence-corrected chi connectivity index (χ1v) is 15.6. The maximum Gasteiger partial charge on any atom is 0.206 e. The van der Waals surface area contributed by atoms with Gasteiger partial charge in [0.1, 0.15) is 11.5 Å². The molecule has 0 aromatic heterocycles. The van der Waals surface area contributed by atoms with Gasteiger partial charge >= 0.3 is 0 Å². The van der Waals surface area contributed by atoms with Gasteiger partial charge in [0.05, 0.1) is 19.4 Å². The highest BCUT2D eigenvalue weighted by Crippen LogP contribution is 2.31. The molecule has 0 saturated heterocycles. The highest BCUT2D eigenvalue weighted by Gasteiger charge is 2.30. The monoisotopic (exact) mass is 562 g/mol. The minimum absolute atomic E-state index is 0.0664. The minimum atomic E-state index is -3.71. The van der Waals surface area contributed by atoms with E-state index in [0.29, 0.717) is 11.5 Å². The third kappa shape index (κ3) is 6.10. The van der Waals surface area contributed by atoms with Crippen LogP contribution in [0.15, 0.2) is 112 Å². The Labute approximate surface area is 232 Å². The molecule has 0 fully saturated rings. The zero-order chi connectivity index (χ0) is 28.6. The first-order chi connectivity index (χ1) is 18.1. The van der Waals surface area contributed by atoms with E-state index < -0.39 is 24.4 Å². The van der Waals surface area contributed by atoms with Gasteiger partial charge in [0.25, 0.3) is 0 Å². The molecule has 204 valence electrons. The van der Waals surface area contributed by atoms with Gasteiger partial charge < -0.3 is 4.74 Å². The van der Waals surface area contributed by atoms with E-state index in [1.54, 1.807) is 57.2 Å². The molecule has 0 bridgehead atoms. The number of hydrogen-bond donors (Lipinski definition) is 0. The summed E-state index contributed by atoms with van der Waals surface area (Å²) in [7, 11) is -7.17. The summed E-state index contributed by atoms with van der Waals surface area (Å²) >= 11 is 0. The Balaban J connectivity index is 1.48. The van der Waals surface area contributed by atoms with Crippen LogP contribution in [0.25, 0.3) is 11.1 Å². The van der Waals surface area contributed by atoms with Crippen molar-refractivity contribution in [3.63, 3.8) is 0 Å². The van der Waals surface area contributed by atoms with Crippen LogP contribution in [0.1, 0.15) is 47.1 Å². The largest absolute Gasteiger partial charge is 0.457 e. The normalized spacial score (nSPS) is 12.8. The number of hydrogen-bond acceptors (Lipinski definition) is 5. The van der Waals surface area contributed by atoms with E-state index in [9.17, 15) is 16.8 Å². The Morgan fingerprint density at radius 3 is 1.23 bits per heavy atom. The molecule has 0 amide bonds. The molecule has 5 nitrogen and oxygen atoms in total. The fraction of sp³-hybridized carbons (Fsp3) is 0.250. The van der Waals surface area contributed by atoms with Crippen molar-refractivity contribution in [2.45, 2.75) is 66.4 Å². The predicted molar refractivity (Wildman–Crippen MR) is 156 cm³/mol. The van der Waals surface area contributed by atoms with Gasteiger partial charge in [-0.25, -0.2) is 16.8 Å². The molecule has 4 aromatic rings. The average molecular weight is 563 g/mol. The predicted octanol–water partition coefficient (Wildman–Crippen LogP) is 7.85. The summed E-state index contributed by atoms with van der Waals surface area (Å²) in [6.07, 6.45) is 0. The van der Waals surface area contributed by atoms with Crippen LogP contribution >= 0.6 is 0 Å². The molecule has 0 aliphatic rings. The van der Waals surface area contributed by atoms with Crippen LogP contribution < -0.4 is 4.74 Å². The average Bonchev–Trinajstić information content (AvgIpc) is 2.88. The molecule has 0 saturated carbocycles. The van der Waals surface area contributed by atoms with E-state index in [1.807, 2.05) is 12.1 Å². The van der Waals surface area contributed by atoms with Crippen LogP contribution in [0, 0.1) is 0 Å². The number of benzene rings is 4. The molecule has 0 N–H and O–H groups in total. The van der Waals surface area contributed by atoms with Crippen LogP contribution in [-0.2, 0) is 25.1 Å². The molecule has 39 heavy (non-hydrogen) atoms. The van der Waals surface area contributed by atoms with Gasteiger partial charge in [-0.1, -0.05) is 57.2 Å². The Kier molecular flexibility index (Phi) is 7.54. The lowest BCUT2D eigenvalue weighted by atomic mass is 9.86. The van der Waals surface area contributed by atoms with Crippen LogP contribution in [0.3, 0.4) is 0 Å². The number of sulfone groups is 2. The zero-order valence-electron chi connectivity index (χ0n) is 23.1. The minimum Gasteiger partial charge on any atom is -0.457 e.